The summed E-state index contributed by atoms with van der Waals surface area (Å²) in [6.45, 7) is 0. The second-order valence-electron chi connectivity index (χ2n) is 12.0. The normalized spacial score (nSPS) is 11.8. The summed E-state index contributed by atoms with van der Waals surface area (Å²) >= 11 is 1.81. The zero-order valence-corrected chi connectivity index (χ0v) is 25.9. The highest BCUT2D eigenvalue weighted by Gasteiger charge is 2.21. The Morgan fingerprint density at radius 1 is 0.511 bits per heavy atom. The number of nitrogens with zero attached hydrogens (tertiary/aromatic N) is 2. The van der Waals surface area contributed by atoms with Crippen LogP contribution in [-0.4, -0.2) is 4.57 Å². The van der Waals surface area contributed by atoms with E-state index in [1.807, 2.05) is 23.5 Å². The third-order valence-electron chi connectivity index (χ3n) is 9.46. The molecule has 0 aliphatic rings. The summed E-state index contributed by atoms with van der Waals surface area (Å²) in [5.74, 6) is 0. The first-order valence-electron chi connectivity index (χ1n) is 15.7. The zero-order chi connectivity index (χ0) is 31.1. The van der Waals surface area contributed by atoms with Crippen molar-refractivity contribution in [2.45, 2.75) is 0 Å². The second kappa shape index (κ2) is 9.92. The molecule has 0 spiro atoms. The number of fused-ring (bicyclic) bond motifs is 9. The number of hydrogen-bond donors (Lipinski definition) is 0. The van der Waals surface area contributed by atoms with Crippen molar-refractivity contribution in [2.75, 3.05) is 0 Å². The fourth-order valence-electron chi connectivity index (χ4n) is 7.33. The maximum Gasteiger partial charge on any atom is 0.159 e. The maximum atomic E-state index is 10.2. The Hall–Kier alpha value is -6.15. The Labute approximate surface area is 273 Å². The fourth-order valence-corrected chi connectivity index (χ4v) is 8.47. The van der Waals surface area contributed by atoms with E-state index in [0.29, 0.717) is 11.1 Å². The molecular weight excluding hydrogens is 593 g/mol. The summed E-state index contributed by atoms with van der Waals surface area (Å²) in [6.07, 6.45) is 0. The van der Waals surface area contributed by atoms with Crippen LogP contribution in [0.2, 0.25) is 0 Å². The highest BCUT2D eigenvalue weighted by molar-refractivity contribution is 7.25. The highest BCUT2D eigenvalue weighted by atomic mass is 32.1. The van der Waals surface area contributed by atoms with Crippen molar-refractivity contribution in [3.05, 3.63) is 151 Å². The van der Waals surface area contributed by atoms with E-state index in [1.54, 1.807) is 0 Å². The standard InChI is InChI=1S/C43H24N2OS/c44-25-29-18-20-30(28-17-21-33-32-12-5-7-16-39(32)47-40(33)24-28)41-34-13-8-15-38(43(34)46-42(29)41)45-36-14-6-4-11-31(36)35-23-27(19-22-37(35)45)26-9-2-1-3-10-26/h1-24H. The van der Waals surface area contributed by atoms with Crippen molar-refractivity contribution in [2.24, 2.45) is 0 Å². The maximum absolute atomic E-state index is 10.2. The highest BCUT2D eigenvalue weighted by Crippen LogP contribution is 2.44. The van der Waals surface area contributed by atoms with Crippen molar-refractivity contribution >= 4 is 75.3 Å². The molecule has 10 rings (SSSR count). The Bertz CT molecular complexity index is 2920. The van der Waals surface area contributed by atoms with Crippen LogP contribution in [0.3, 0.4) is 0 Å². The van der Waals surface area contributed by atoms with Gasteiger partial charge in [0.05, 0.1) is 22.3 Å². The van der Waals surface area contributed by atoms with Crippen LogP contribution in [0, 0.1) is 11.3 Å². The molecule has 0 unspecified atom stereocenters. The minimum atomic E-state index is 0.531. The van der Waals surface area contributed by atoms with Gasteiger partial charge in [0.2, 0.25) is 0 Å². The average molecular weight is 617 g/mol. The van der Waals surface area contributed by atoms with Crippen molar-refractivity contribution in [3.8, 4) is 34.0 Å². The van der Waals surface area contributed by atoms with Gasteiger partial charge >= 0.3 is 0 Å². The molecule has 0 bridgehead atoms. The Kier molecular flexibility index (Phi) is 5.51. The van der Waals surface area contributed by atoms with E-state index >= 15 is 0 Å². The number of para-hydroxylation sites is 2. The molecule has 0 atom stereocenters. The van der Waals surface area contributed by atoms with E-state index in [1.165, 1.54) is 42.1 Å². The Morgan fingerprint density at radius 2 is 1.26 bits per heavy atom. The summed E-state index contributed by atoms with van der Waals surface area (Å²) in [6, 6.07) is 53.7. The first kappa shape index (κ1) is 26.1. The van der Waals surface area contributed by atoms with E-state index in [4.69, 9.17) is 4.42 Å². The van der Waals surface area contributed by atoms with Crippen LogP contribution in [0.1, 0.15) is 5.56 Å². The van der Waals surface area contributed by atoms with Crippen LogP contribution in [0.25, 0.3) is 91.9 Å². The van der Waals surface area contributed by atoms with Gasteiger partial charge in [0.15, 0.2) is 11.2 Å². The van der Waals surface area contributed by atoms with Crippen LogP contribution in [0.15, 0.2) is 150 Å². The van der Waals surface area contributed by atoms with Crippen molar-refractivity contribution in [1.82, 2.24) is 4.57 Å². The predicted octanol–water partition coefficient (Wildman–Crippen LogP) is 12.3. The minimum Gasteiger partial charge on any atom is -0.452 e. The van der Waals surface area contributed by atoms with Gasteiger partial charge in [-0.2, -0.15) is 5.26 Å². The van der Waals surface area contributed by atoms with Crippen LogP contribution in [0.4, 0.5) is 0 Å². The summed E-state index contributed by atoms with van der Waals surface area (Å²) in [4.78, 5) is 0. The first-order chi connectivity index (χ1) is 23.3. The average Bonchev–Trinajstić information content (AvgIpc) is 3.81. The van der Waals surface area contributed by atoms with Gasteiger partial charge in [-0.25, -0.2) is 0 Å². The lowest BCUT2D eigenvalue weighted by Gasteiger charge is -2.09. The van der Waals surface area contributed by atoms with Crippen LogP contribution >= 0.6 is 11.3 Å². The monoisotopic (exact) mass is 616 g/mol. The molecule has 0 aliphatic carbocycles. The number of hydrogen-bond acceptors (Lipinski definition) is 3. The van der Waals surface area contributed by atoms with Gasteiger partial charge in [-0.15, -0.1) is 11.3 Å². The van der Waals surface area contributed by atoms with E-state index < -0.39 is 0 Å². The molecule has 0 amide bonds. The van der Waals surface area contributed by atoms with Gasteiger partial charge in [-0.3, -0.25) is 0 Å². The molecule has 0 aliphatic heterocycles. The molecule has 4 heteroatoms. The Morgan fingerprint density at radius 3 is 2.15 bits per heavy atom. The molecule has 7 aromatic carbocycles. The third kappa shape index (κ3) is 3.78. The molecule has 0 saturated carbocycles. The van der Waals surface area contributed by atoms with Gasteiger partial charge in [0.1, 0.15) is 6.07 Å². The van der Waals surface area contributed by atoms with Gasteiger partial charge < -0.3 is 8.98 Å². The van der Waals surface area contributed by atoms with Crippen molar-refractivity contribution in [1.29, 1.82) is 5.26 Å². The number of aromatic nitrogens is 1. The lowest BCUT2D eigenvalue weighted by Crippen LogP contribution is -1.94. The summed E-state index contributed by atoms with van der Waals surface area (Å²) in [5, 5.41) is 17.1. The van der Waals surface area contributed by atoms with Crippen molar-refractivity contribution < 1.29 is 4.42 Å². The zero-order valence-electron chi connectivity index (χ0n) is 25.1. The summed E-state index contributed by atoms with van der Waals surface area (Å²) < 4.78 is 11.6. The van der Waals surface area contributed by atoms with Gasteiger partial charge in [0, 0.05) is 41.7 Å². The number of benzene rings is 7. The van der Waals surface area contributed by atoms with Crippen LogP contribution in [0.5, 0.6) is 0 Å². The van der Waals surface area contributed by atoms with E-state index in [0.717, 1.165) is 44.2 Å². The Balaban J connectivity index is 1.24. The van der Waals surface area contributed by atoms with E-state index in [-0.39, 0.29) is 0 Å². The molecular formula is C43H24N2OS. The SMILES string of the molecule is N#Cc1ccc(-c2ccc3c(c2)sc2ccccc23)c2c1oc1c(-n3c4ccccc4c4cc(-c5ccccc5)ccc43)cccc12. The van der Waals surface area contributed by atoms with E-state index in [2.05, 4.69) is 144 Å². The van der Waals surface area contributed by atoms with Gasteiger partial charge in [-0.1, -0.05) is 103 Å². The minimum absolute atomic E-state index is 0.531. The lowest BCUT2D eigenvalue weighted by molar-refractivity contribution is 0.665. The number of nitriles is 1. The molecule has 0 N–H and O–H groups in total. The topological polar surface area (TPSA) is 41.9 Å². The second-order valence-corrected chi connectivity index (χ2v) is 13.1. The number of furan rings is 1. The largest absolute Gasteiger partial charge is 0.452 e. The molecule has 0 saturated heterocycles. The third-order valence-corrected chi connectivity index (χ3v) is 10.6. The van der Waals surface area contributed by atoms with Gasteiger partial charge in [-0.05, 0) is 64.7 Å². The van der Waals surface area contributed by atoms with Crippen LogP contribution in [-0.2, 0) is 0 Å². The molecule has 218 valence electrons. The fraction of sp³-hybridized carbons (Fsp3) is 0. The van der Waals surface area contributed by atoms with Crippen LogP contribution < -0.4 is 0 Å². The quantitative estimate of drug-likeness (QED) is 0.198. The summed E-state index contributed by atoms with van der Waals surface area (Å²) in [7, 11) is 0. The molecule has 3 aromatic heterocycles. The molecule has 0 radical (unpaired) electrons. The molecule has 10 aromatic rings. The number of rotatable bonds is 3. The molecule has 3 nitrogen and oxygen atoms in total. The molecule has 0 fully saturated rings. The smallest absolute Gasteiger partial charge is 0.159 e. The first-order valence-corrected chi connectivity index (χ1v) is 16.5. The van der Waals surface area contributed by atoms with Gasteiger partial charge in [0.25, 0.3) is 0 Å². The number of thiophene rings is 1. The molecule has 47 heavy (non-hydrogen) atoms. The lowest BCUT2D eigenvalue weighted by atomic mass is 9.96. The molecule has 3 heterocycles. The predicted molar refractivity (Wildman–Crippen MR) is 197 cm³/mol. The van der Waals surface area contributed by atoms with Crippen molar-refractivity contribution in [3.63, 3.8) is 0 Å². The van der Waals surface area contributed by atoms with E-state index in [9.17, 15) is 5.26 Å². The summed E-state index contributed by atoms with van der Waals surface area (Å²) in [5.41, 5.74) is 9.63.